The number of amides is 1. The number of ether oxygens (including phenoxy) is 2. The van der Waals surface area contributed by atoms with Crippen molar-refractivity contribution in [3.8, 4) is 11.6 Å². The van der Waals surface area contributed by atoms with Gasteiger partial charge in [0.1, 0.15) is 11.3 Å². The third-order valence-corrected chi connectivity index (χ3v) is 6.71. The summed E-state index contributed by atoms with van der Waals surface area (Å²) in [5.74, 6) is 0.0826. The Labute approximate surface area is 176 Å². The number of nitrogens with one attached hydrogen (secondary N) is 1. The monoisotopic (exact) mass is 434 g/mol. The van der Waals surface area contributed by atoms with Crippen LogP contribution >= 0.6 is 0 Å². The number of methoxy groups -OCH3 is 1. The van der Waals surface area contributed by atoms with Gasteiger partial charge in [0.25, 0.3) is 5.91 Å². The molecular formula is C20H26N4O5S. The maximum atomic E-state index is 13.1. The number of hydrogen-bond acceptors (Lipinski definition) is 7. The van der Waals surface area contributed by atoms with Crippen molar-refractivity contribution in [1.29, 1.82) is 0 Å². The highest BCUT2D eigenvalue weighted by molar-refractivity contribution is 7.89. The Bertz CT molecular complexity index is 1000. The minimum absolute atomic E-state index is 0.0966. The van der Waals surface area contributed by atoms with Crippen LogP contribution in [0.3, 0.4) is 0 Å². The Hall–Kier alpha value is -2.69. The molecule has 1 aliphatic rings. The first-order valence-corrected chi connectivity index (χ1v) is 11.1. The number of piperazine rings is 1. The molecule has 1 amide bonds. The van der Waals surface area contributed by atoms with E-state index in [1.54, 1.807) is 19.1 Å². The Morgan fingerprint density at radius 3 is 2.60 bits per heavy atom. The molecule has 0 bridgehead atoms. The predicted molar refractivity (Wildman–Crippen MR) is 113 cm³/mol. The van der Waals surface area contributed by atoms with E-state index in [1.165, 1.54) is 35.8 Å². The quantitative estimate of drug-likeness (QED) is 0.707. The molecule has 3 rings (SSSR count). The van der Waals surface area contributed by atoms with Crippen LogP contribution in [0, 0.1) is 0 Å². The molecule has 1 saturated heterocycles. The van der Waals surface area contributed by atoms with Crippen molar-refractivity contribution < 1.29 is 22.7 Å². The van der Waals surface area contributed by atoms with Crippen molar-refractivity contribution in [1.82, 2.24) is 14.2 Å². The summed E-state index contributed by atoms with van der Waals surface area (Å²) >= 11 is 0. The van der Waals surface area contributed by atoms with Gasteiger partial charge in [-0.15, -0.1) is 0 Å². The summed E-state index contributed by atoms with van der Waals surface area (Å²) in [7, 11) is -0.275. The van der Waals surface area contributed by atoms with Gasteiger partial charge < -0.3 is 19.7 Å². The van der Waals surface area contributed by atoms with Gasteiger partial charge in [-0.05, 0) is 44.3 Å². The van der Waals surface area contributed by atoms with Crippen molar-refractivity contribution in [2.75, 3.05) is 52.3 Å². The van der Waals surface area contributed by atoms with Crippen LogP contribution in [-0.4, -0.2) is 75.5 Å². The number of hydrogen-bond donors (Lipinski definition) is 1. The molecular weight excluding hydrogens is 408 g/mol. The molecule has 1 N–H and O–H groups in total. The van der Waals surface area contributed by atoms with Gasteiger partial charge in [0.2, 0.25) is 15.9 Å². The van der Waals surface area contributed by atoms with Crippen molar-refractivity contribution in [3.63, 3.8) is 0 Å². The van der Waals surface area contributed by atoms with E-state index in [0.717, 1.165) is 0 Å². The van der Waals surface area contributed by atoms with Gasteiger partial charge >= 0.3 is 0 Å². The van der Waals surface area contributed by atoms with E-state index < -0.39 is 15.9 Å². The first-order chi connectivity index (χ1) is 14.4. The summed E-state index contributed by atoms with van der Waals surface area (Å²) in [6.07, 6.45) is 1.53. The average Bonchev–Trinajstić information content (AvgIpc) is 2.74. The number of aromatic nitrogens is 1. The fraction of sp³-hybridized carbons (Fsp3) is 0.400. The highest BCUT2D eigenvalue weighted by atomic mass is 32.2. The molecule has 9 nitrogen and oxygen atoms in total. The lowest BCUT2D eigenvalue weighted by molar-refractivity contribution is 0.102. The molecule has 1 fully saturated rings. The van der Waals surface area contributed by atoms with Crippen molar-refractivity contribution in [2.24, 2.45) is 0 Å². The maximum absolute atomic E-state index is 13.1. The number of likely N-dealkylation sites (N-methyl/N-ethyl adjacent to an activating group) is 1. The van der Waals surface area contributed by atoms with Gasteiger partial charge in [0.15, 0.2) is 0 Å². The number of benzene rings is 1. The smallest absolute Gasteiger partial charge is 0.261 e. The van der Waals surface area contributed by atoms with Crippen molar-refractivity contribution in [3.05, 3.63) is 42.1 Å². The Kier molecular flexibility index (Phi) is 6.91. The number of carbonyl (C=O) groups excluding carboxylic acids is 1. The van der Waals surface area contributed by atoms with Crippen LogP contribution in [0.25, 0.3) is 0 Å². The molecule has 2 aromatic rings. The molecule has 0 spiro atoms. The zero-order chi connectivity index (χ0) is 21.7. The van der Waals surface area contributed by atoms with Crippen LogP contribution in [0.1, 0.15) is 17.3 Å². The summed E-state index contributed by atoms with van der Waals surface area (Å²) in [5, 5.41) is 2.72. The van der Waals surface area contributed by atoms with E-state index in [2.05, 4.69) is 15.2 Å². The van der Waals surface area contributed by atoms with Crippen LogP contribution in [0.5, 0.6) is 11.6 Å². The first-order valence-electron chi connectivity index (χ1n) is 9.62. The third kappa shape index (κ3) is 4.72. The molecule has 30 heavy (non-hydrogen) atoms. The normalized spacial score (nSPS) is 15.6. The number of anilines is 1. The van der Waals surface area contributed by atoms with Crippen LogP contribution in [0.2, 0.25) is 0 Å². The highest BCUT2D eigenvalue weighted by Crippen LogP contribution is 2.30. The van der Waals surface area contributed by atoms with Gasteiger partial charge in [-0.3, -0.25) is 4.79 Å². The van der Waals surface area contributed by atoms with Gasteiger partial charge in [-0.2, -0.15) is 4.31 Å². The summed E-state index contributed by atoms with van der Waals surface area (Å²) in [4.78, 5) is 19.1. The largest absolute Gasteiger partial charge is 0.495 e. The van der Waals surface area contributed by atoms with E-state index in [-0.39, 0.29) is 22.0 Å². The lowest BCUT2D eigenvalue weighted by Crippen LogP contribution is -2.47. The Morgan fingerprint density at radius 1 is 1.20 bits per heavy atom. The van der Waals surface area contributed by atoms with E-state index in [1.807, 2.05) is 7.05 Å². The van der Waals surface area contributed by atoms with Crippen molar-refractivity contribution >= 4 is 21.6 Å². The molecule has 10 heteroatoms. The zero-order valence-corrected chi connectivity index (χ0v) is 18.1. The Morgan fingerprint density at radius 2 is 1.93 bits per heavy atom. The lowest BCUT2D eigenvalue weighted by Gasteiger charge is -2.31. The van der Waals surface area contributed by atoms with Crippen LogP contribution < -0.4 is 14.8 Å². The van der Waals surface area contributed by atoms with E-state index in [4.69, 9.17) is 9.47 Å². The number of sulfonamides is 1. The number of nitrogens with zero attached hydrogens (tertiary/aromatic N) is 3. The van der Waals surface area contributed by atoms with Gasteiger partial charge in [0.05, 0.1) is 24.3 Å². The van der Waals surface area contributed by atoms with Gasteiger partial charge in [0, 0.05) is 32.4 Å². The maximum Gasteiger partial charge on any atom is 0.261 e. The van der Waals surface area contributed by atoms with Crippen LogP contribution in [0.15, 0.2) is 41.4 Å². The molecule has 1 aromatic carbocycles. The van der Waals surface area contributed by atoms with Gasteiger partial charge in [-0.1, -0.05) is 0 Å². The van der Waals surface area contributed by atoms with E-state index in [0.29, 0.717) is 38.5 Å². The fourth-order valence-corrected chi connectivity index (χ4v) is 4.58. The minimum atomic E-state index is -3.69. The molecule has 162 valence electrons. The molecule has 0 radical (unpaired) electrons. The summed E-state index contributed by atoms with van der Waals surface area (Å²) < 4.78 is 38.3. The zero-order valence-electron chi connectivity index (χ0n) is 17.3. The summed E-state index contributed by atoms with van der Waals surface area (Å²) in [6, 6.07) is 7.65. The lowest BCUT2D eigenvalue weighted by atomic mass is 10.2. The number of rotatable bonds is 7. The second-order valence-corrected chi connectivity index (χ2v) is 8.75. The topological polar surface area (TPSA) is 101 Å². The van der Waals surface area contributed by atoms with E-state index in [9.17, 15) is 13.2 Å². The SMILES string of the molecule is CCOc1ncccc1C(=O)Nc1cc(S(=O)(=O)N2CCN(C)CC2)ccc1OC. The molecule has 2 heterocycles. The molecule has 0 unspecified atom stereocenters. The molecule has 1 aromatic heterocycles. The standard InChI is InChI=1S/C20H26N4O5S/c1-4-29-20-16(6-5-9-21-20)19(25)22-17-14-15(7-8-18(17)28-3)30(26,27)24-12-10-23(2)11-13-24/h5-9,14H,4,10-13H2,1-3H3,(H,22,25). The van der Waals surface area contributed by atoms with Gasteiger partial charge in [-0.25, -0.2) is 13.4 Å². The predicted octanol–water partition coefficient (Wildman–Crippen LogP) is 1.68. The molecule has 1 aliphatic heterocycles. The molecule has 0 aliphatic carbocycles. The highest BCUT2D eigenvalue weighted by Gasteiger charge is 2.28. The number of pyridine rings is 1. The second kappa shape index (κ2) is 9.41. The summed E-state index contributed by atoms with van der Waals surface area (Å²) in [6.45, 7) is 4.33. The Balaban J connectivity index is 1.89. The second-order valence-electron chi connectivity index (χ2n) is 6.81. The van der Waals surface area contributed by atoms with E-state index >= 15 is 0 Å². The summed E-state index contributed by atoms with van der Waals surface area (Å²) in [5.41, 5.74) is 0.498. The third-order valence-electron chi connectivity index (χ3n) is 4.82. The minimum Gasteiger partial charge on any atom is -0.495 e. The number of carbonyl (C=O) groups is 1. The van der Waals surface area contributed by atoms with Crippen LogP contribution in [-0.2, 0) is 10.0 Å². The average molecular weight is 435 g/mol. The van der Waals surface area contributed by atoms with Crippen molar-refractivity contribution in [2.45, 2.75) is 11.8 Å². The molecule has 0 atom stereocenters. The fourth-order valence-electron chi connectivity index (χ4n) is 3.13. The first kappa shape index (κ1) is 22.0. The molecule has 0 saturated carbocycles. The van der Waals surface area contributed by atoms with Crippen LogP contribution in [0.4, 0.5) is 5.69 Å².